The van der Waals surface area contributed by atoms with Crippen molar-refractivity contribution in [2.24, 2.45) is 0 Å². The standard InChI is InChI=1S/C14H10ClN3O4S/c1-9-13(15)6-12(7-14(9)18(19)20)23(21,22)17-11-4-2-10(8-16)3-5-11/h2-7,17H,1H3. The van der Waals surface area contributed by atoms with Crippen LogP contribution >= 0.6 is 11.6 Å². The fraction of sp³-hybridized carbons (Fsp3) is 0.0714. The molecule has 23 heavy (non-hydrogen) atoms. The quantitative estimate of drug-likeness (QED) is 0.671. The van der Waals surface area contributed by atoms with E-state index in [1.165, 1.54) is 31.2 Å². The Hall–Kier alpha value is -2.63. The molecule has 0 aliphatic carbocycles. The van der Waals surface area contributed by atoms with E-state index in [4.69, 9.17) is 16.9 Å². The molecule has 118 valence electrons. The van der Waals surface area contributed by atoms with E-state index in [0.717, 1.165) is 12.1 Å². The summed E-state index contributed by atoms with van der Waals surface area (Å²) in [4.78, 5) is 9.97. The minimum absolute atomic E-state index is 0.0144. The van der Waals surface area contributed by atoms with E-state index >= 15 is 0 Å². The van der Waals surface area contributed by atoms with Gasteiger partial charge >= 0.3 is 0 Å². The van der Waals surface area contributed by atoms with Crippen LogP contribution < -0.4 is 4.72 Å². The predicted octanol–water partition coefficient (Wildman–Crippen LogP) is 3.23. The van der Waals surface area contributed by atoms with Gasteiger partial charge in [0.15, 0.2) is 0 Å². The van der Waals surface area contributed by atoms with E-state index in [1.54, 1.807) is 0 Å². The lowest BCUT2D eigenvalue weighted by molar-refractivity contribution is -0.385. The fourth-order valence-electron chi connectivity index (χ4n) is 1.81. The van der Waals surface area contributed by atoms with Crippen molar-refractivity contribution < 1.29 is 13.3 Å². The molecule has 0 spiro atoms. The van der Waals surface area contributed by atoms with E-state index in [2.05, 4.69) is 4.72 Å². The highest BCUT2D eigenvalue weighted by Crippen LogP contribution is 2.30. The SMILES string of the molecule is Cc1c(Cl)cc(S(=O)(=O)Nc2ccc(C#N)cc2)cc1[N+](=O)[O-]. The largest absolute Gasteiger partial charge is 0.280 e. The first-order valence-electron chi connectivity index (χ1n) is 6.22. The lowest BCUT2D eigenvalue weighted by atomic mass is 10.2. The molecule has 2 rings (SSSR count). The Labute approximate surface area is 137 Å². The smallest absolute Gasteiger partial charge is 0.275 e. The lowest BCUT2D eigenvalue weighted by Gasteiger charge is -2.09. The summed E-state index contributed by atoms with van der Waals surface area (Å²) in [6.07, 6.45) is 0. The number of hydrogen-bond acceptors (Lipinski definition) is 5. The molecule has 0 aromatic heterocycles. The molecule has 0 atom stereocenters. The molecule has 7 nitrogen and oxygen atoms in total. The number of benzene rings is 2. The van der Waals surface area contributed by atoms with Crippen molar-refractivity contribution in [2.45, 2.75) is 11.8 Å². The third-order valence-corrected chi connectivity index (χ3v) is 4.82. The van der Waals surface area contributed by atoms with Gasteiger partial charge in [-0.15, -0.1) is 0 Å². The molecule has 0 fully saturated rings. The second-order valence-corrected chi connectivity index (χ2v) is 6.69. The van der Waals surface area contributed by atoms with Crippen LogP contribution in [0.2, 0.25) is 5.02 Å². The first-order valence-corrected chi connectivity index (χ1v) is 8.08. The monoisotopic (exact) mass is 351 g/mol. The minimum Gasteiger partial charge on any atom is -0.280 e. The maximum atomic E-state index is 12.3. The summed E-state index contributed by atoms with van der Waals surface area (Å²) in [6.45, 7) is 1.44. The van der Waals surface area contributed by atoms with Crippen LogP contribution in [0.15, 0.2) is 41.3 Å². The highest BCUT2D eigenvalue weighted by molar-refractivity contribution is 7.92. The van der Waals surface area contributed by atoms with Crippen LogP contribution in [0.5, 0.6) is 0 Å². The Morgan fingerprint density at radius 3 is 2.39 bits per heavy atom. The molecule has 0 radical (unpaired) electrons. The van der Waals surface area contributed by atoms with E-state index in [-0.39, 0.29) is 26.9 Å². The first kappa shape index (κ1) is 16.7. The normalized spacial score (nSPS) is 10.8. The Balaban J connectivity index is 2.43. The number of nitro groups is 1. The summed E-state index contributed by atoms with van der Waals surface area (Å²) in [5, 5.41) is 19.7. The summed E-state index contributed by atoms with van der Waals surface area (Å²) in [5.41, 5.74) is 0.414. The Morgan fingerprint density at radius 2 is 1.87 bits per heavy atom. The van der Waals surface area contributed by atoms with Crippen LogP contribution in [-0.2, 0) is 10.0 Å². The van der Waals surface area contributed by atoms with Gasteiger partial charge in [-0.1, -0.05) is 11.6 Å². The molecule has 0 heterocycles. The van der Waals surface area contributed by atoms with Crippen LogP contribution in [0, 0.1) is 28.4 Å². The molecule has 1 N–H and O–H groups in total. The highest BCUT2D eigenvalue weighted by atomic mass is 35.5. The number of nitrogens with zero attached hydrogens (tertiary/aromatic N) is 2. The van der Waals surface area contributed by atoms with Crippen molar-refractivity contribution in [1.82, 2.24) is 0 Å². The third-order valence-electron chi connectivity index (χ3n) is 3.06. The Kier molecular flexibility index (Phi) is 4.54. The molecule has 9 heteroatoms. The van der Waals surface area contributed by atoms with Crippen molar-refractivity contribution >= 4 is 33.0 Å². The molecule has 2 aromatic rings. The topological polar surface area (TPSA) is 113 Å². The molecular formula is C14H10ClN3O4S. The van der Waals surface area contributed by atoms with Gasteiger partial charge in [0.05, 0.1) is 26.5 Å². The summed E-state index contributed by atoms with van der Waals surface area (Å²) in [5.74, 6) is 0. The molecule has 0 saturated carbocycles. The molecule has 2 aromatic carbocycles. The van der Waals surface area contributed by atoms with Crippen molar-refractivity contribution in [3.05, 3.63) is 62.7 Å². The van der Waals surface area contributed by atoms with Gasteiger partial charge in [-0.3, -0.25) is 14.8 Å². The van der Waals surface area contributed by atoms with Crippen LogP contribution in [0.3, 0.4) is 0 Å². The average Bonchev–Trinajstić information content (AvgIpc) is 2.49. The zero-order chi connectivity index (χ0) is 17.2. The van der Waals surface area contributed by atoms with Crippen LogP contribution in [0.25, 0.3) is 0 Å². The molecular weight excluding hydrogens is 342 g/mol. The van der Waals surface area contributed by atoms with Gasteiger partial charge in [-0.05, 0) is 37.3 Å². The molecule has 0 unspecified atom stereocenters. The Bertz CT molecular complexity index is 918. The molecule has 0 saturated heterocycles. The van der Waals surface area contributed by atoms with Crippen LogP contribution in [0.1, 0.15) is 11.1 Å². The average molecular weight is 352 g/mol. The summed E-state index contributed by atoms with van der Waals surface area (Å²) in [6, 6.07) is 9.74. The second-order valence-electron chi connectivity index (χ2n) is 4.60. The van der Waals surface area contributed by atoms with Gasteiger partial charge in [0.1, 0.15) is 0 Å². The molecule has 0 bridgehead atoms. The van der Waals surface area contributed by atoms with Gasteiger partial charge in [0, 0.05) is 17.3 Å². The Morgan fingerprint density at radius 1 is 1.26 bits per heavy atom. The summed E-state index contributed by atoms with van der Waals surface area (Å²) >= 11 is 5.88. The molecule has 0 aliphatic heterocycles. The van der Waals surface area contributed by atoms with Crippen LogP contribution in [0.4, 0.5) is 11.4 Å². The minimum atomic E-state index is -4.05. The van der Waals surface area contributed by atoms with E-state index < -0.39 is 14.9 Å². The van der Waals surface area contributed by atoms with Gasteiger partial charge in [-0.2, -0.15) is 5.26 Å². The maximum Gasteiger partial charge on any atom is 0.275 e. The number of nitriles is 1. The van der Waals surface area contributed by atoms with Gasteiger partial charge in [-0.25, -0.2) is 8.42 Å². The summed E-state index contributed by atoms with van der Waals surface area (Å²) < 4.78 is 27.0. The van der Waals surface area contributed by atoms with Gasteiger partial charge in [0.25, 0.3) is 15.7 Å². The van der Waals surface area contributed by atoms with Gasteiger partial charge in [0.2, 0.25) is 0 Å². The number of nitro benzene ring substituents is 1. The van der Waals surface area contributed by atoms with Crippen LogP contribution in [-0.4, -0.2) is 13.3 Å². The predicted molar refractivity (Wildman–Crippen MR) is 84.8 cm³/mol. The zero-order valence-corrected chi connectivity index (χ0v) is 13.4. The summed E-state index contributed by atoms with van der Waals surface area (Å²) in [7, 11) is -4.05. The fourth-order valence-corrected chi connectivity index (χ4v) is 3.19. The number of halogens is 1. The molecule has 0 aliphatic rings. The van der Waals surface area contributed by atoms with Crippen molar-refractivity contribution in [1.29, 1.82) is 5.26 Å². The molecule has 0 amide bonds. The number of sulfonamides is 1. The first-order chi connectivity index (χ1) is 10.7. The van der Waals surface area contributed by atoms with E-state index in [1.807, 2.05) is 6.07 Å². The number of anilines is 1. The number of hydrogen-bond donors (Lipinski definition) is 1. The highest BCUT2D eigenvalue weighted by Gasteiger charge is 2.22. The van der Waals surface area contributed by atoms with E-state index in [9.17, 15) is 18.5 Å². The lowest BCUT2D eigenvalue weighted by Crippen LogP contribution is -2.13. The van der Waals surface area contributed by atoms with Crippen molar-refractivity contribution in [3.8, 4) is 6.07 Å². The van der Waals surface area contributed by atoms with E-state index in [0.29, 0.717) is 5.56 Å². The zero-order valence-electron chi connectivity index (χ0n) is 11.8. The number of nitrogens with one attached hydrogen (secondary N) is 1. The number of rotatable bonds is 4. The van der Waals surface area contributed by atoms with Gasteiger partial charge < -0.3 is 0 Å². The maximum absolute atomic E-state index is 12.3. The van der Waals surface area contributed by atoms with Crippen molar-refractivity contribution in [2.75, 3.05) is 4.72 Å². The van der Waals surface area contributed by atoms with Crippen molar-refractivity contribution in [3.63, 3.8) is 0 Å². The second kappa shape index (κ2) is 6.24. The third kappa shape index (κ3) is 3.59.